The Labute approximate surface area is 295 Å². The molecule has 0 aromatic carbocycles. The second-order valence-corrected chi connectivity index (χ2v) is 28.6. The molecule has 1 rings (SSSR count). The first kappa shape index (κ1) is 44.1. The van der Waals surface area contributed by atoms with Gasteiger partial charge in [0.05, 0.1) is 17.6 Å². The third-order valence-electron chi connectivity index (χ3n) is 10.2. The number of hydrogen-bond donors (Lipinski definition) is 1. The van der Waals surface area contributed by atoms with Crippen LogP contribution in [0.3, 0.4) is 0 Å². The summed E-state index contributed by atoms with van der Waals surface area (Å²) in [7, 11) is -4.20. The summed E-state index contributed by atoms with van der Waals surface area (Å²) < 4.78 is 20.4. The van der Waals surface area contributed by atoms with Crippen LogP contribution >= 0.6 is 11.8 Å². The number of carboxylic acid groups (broad SMARTS) is 1. The molecule has 0 aromatic rings. The second-order valence-electron chi connectivity index (χ2n) is 17.9. The normalized spacial score (nSPS) is 19.8. The van der Waals surface area contributed by atoms with Crippen molar-refractivity contribution < 1.29 is 28.3 Å². The Kier molecular flexibility index (Phi) is 17.3. The van der Waals surface area contributed by atoms with E-state index in [-0.39, 0.29) is 40.6 Å². The second kappa shape index (κ2) is 18.4. The zero-order valence-corrected chi connectivity index (χ0v) is 35.7. The number of carbonyl (C=O) groups is 2. The van der Waals surface area contributed by atoms with Crippen LogP contribution in [0.25, 0.3) is 0 Å². The predicted molar refractivity (Wildman–Crippen MR) is 206 cm³/mol. The summed E-state index contributed by atoms with van der Waals surface area (Å²) in [6.07, 6.45) is 12.3. The maximum Gasteiger partial charge on any atom is 0.316 e. The van der Waals surface area contributed by atoms with Gasteiger partial charge >= 0.3 is 11.9 Å². The highest BCUT2D eigenvalue weighted by Crippen LogP contribution is 2.47. The van der Waals surface area contributed by atoms with E-state index in [1.54, 1.807) is 11.8 Å². The minimum Gasteiger partial charge on any atom is -0.481 e. The van der Waals surface area contributed by atoms with Crippen molar-refractivity contribution in [2.75, 3.05) is 5.75 Å². The lowest BCUT2D eigenvalue weighted by molar-refractivity contribution is -0.148. The van der Waals surface area contributed by atoms with Crippen molar-refractivity contribution >= 4 is 40.3 Å². The van der Waals surface area contributed by atoms with Crippen LogP contribution in [-0.2, 0) is 23.2 Å². The van der Waals surface area contributed by atoms with Crippen LogP contribution < -0.4 is 0 Å². The summed E-state index contributed by atoms with van der Waals surface area (Å²) in [5.41, 5.74) is -0.625. The Hall–Kier alpha value is -0.876. The van der Waals surface area contributed by atoms with Crippen LogP contribution in [0, 0.1) is 17.3 Å². The maximum atomic E-state index is 13.2. The largest absolute Gasteiger partial charge is 0.481 e. The van der Waals surface area contributed by atoms with Crippen LogP contribution in [0.2, 0.25) is 36.3 Å². The van der Waals surface area contributed by atoms with Crippen LogP contribution in [0.5, 0.6) is 0 Å². The van der Waals surface area contributed by atoms with Crippen molar-refractivity contribution in [1.82, 2.24) is 0 Å². The fraction of sp³-hybridized carbons (Fsp3) is 0.842. The fourth-order valence-corrected chi connectivity index (χ4v) is 8.85. The van der Waals surface area contributed by atoms with Crippen molar-refractivity contribution in [3.05, 3.63) is 22.8 Å². The van der Waals surface area contributed by atoms with E-state index in [0.29, 0.717) is 18.8 Å². The van der Waals surface area contributed by atoms with Gasteiger partial charge in [0.15, 0.2) is 16.6 Å². The van der Waals surface area contributed by atoms with Gasteiger partial charge in [0, 0.05) is 23.7 Å². The molecular formula is C38H72O6SSi2. The fourth-order valence-electron chi connectivity index (χ4n) is 4.95. The highest BCUT2D eigenvalue weighted by atomic mass is 32.2. The molecule has 1 aliphatic rings. The number of hydrogen-bond acceptors (Lipinski definition) is 6. The first-order valence-corrected chi connectivity index (χ1v) is 25.0. The predicted octanol–water partition coefficient (Wildman–Crippen LogP) is 11.7. The standard InChI is InChI=1S/C38H72O6SSi2/c1-16-17-21-28(2)26-29(43-46(12,13)37(6,7)8)23-24-30-31(44-47(14,15)38(9,10)11)27-32(42-35(41)36(3,4)5)34(30)45-25-20-18-19-22-33(39)40/h23-24,28-31H,16-22,25-27H2,1-15H3,(H,39,40)/b24-23+/t28-,29-,30+,31-/m1/s1. The van der Waals surface area contributed by atoms with Gasteiger partial charge in [0.25, 0.3) is 0 Å². The van der Waals surface area contributed by atoms with E-state index >= 15 is 0 Å². The molecule has 0 fully saturated rings. The van der Waals surface area contributed by atoms with Crippen LogP contribution in [0.4, 0.5) is 0 Å². The van der Waals surface area contributed by atoms with E-state index in [1.807, 2.05) is 20.8 Å². The average molecular weight is 713 g/mol. The molecule has 0 heterocycles. The molecule has 1 N–H and O–H groups in total. The Morgan fingerprint density at radius 1 is 0.936 bits per heavy atom. The van der Waals surface area contributed by atoms with Crippen LogP contribution in [0.1, 0.15) is 134 Å². The summed E-state index contributed by atoms with van der Waals surface area (Å²) in [5, 5.41) is 9.20. The number of ether oxygens (including phenoxy) is 1. The molecule has 9 heteroatoms. The first-order valence-electron chi connectivity index (χ1n) is 18.2. The lowest BCUT2D eigenvalue weighted by Crippen LogP contribution is -2.45. The molecular weight excluding hydrogens is 641 g/mol. The third kappa shape index (κ3) is 14.9. The number of thioether (sulfide) groups is 1. The van der Waals surface area contributed by atoms with E-state index in [9.17, 15) is 9.59 Å². The quantitative estimate of drug-likeness (QED) is 0.0618. The highest BCUT2D eigenvalue weighted by Gasteiger charge is 2.45. The number of aliphatic carboxylic acids is 1. The topological polar surface area (TPSA) is 82.1 Å². The van der Waals surface area contributed by atoms with Gasteiger partial charge in [-0.3, -0.25) is 9.59 Å². The molecule has 47 heavy (non-hydrogen) atoms. The molecule has 0 spiro atoms. The summed E-state index contributed by atoms with van der Waals surface area (Å²) in [5.74, 6) is 1.09. The van der Waals surface area contributed by atoms with Crippen molar-refractivity contribution in [1.29, 1.82) is 0 Å². The molecule has 0 amide bonds. The molecule has 0 aliphatic heterocycles. The lowest BCUT2D eigenvalue weighted by atomic mass is 9.96. The lowest BCUT2D eigenvalue weighted by Gasteiger charge is -2.40. The van der Waals surface area contributed by atoms with Gasteiger partial charge in [-0.15, -0.1) is 11.8 Å². The summed E-state index contributed by atoms with van der Waals surface area (Å²) in [6.45, 7) is 33.2. The van der Waals surface area contributed by atoms with E-state index in [0.717, 1.165) is 35.7 Å². The van der Waals surface area contributed by atoms with E-state index in [1.165, 1.54) is 19.3 Å². The highest BCUT2D eigenvalue weighted by molar-refractivity contribution is 8.03. The van der Waals surface area contributed by atoms with Gasteiger partial charge in [-0.2, -0.15) is 0 Å². The Balaban J connectivity index is 3.62. The smallest absolute Gasteiger partial charge is 0.316 e. The van der Waals surface area contributed by atoms with Crippen molar-refractivity contribution in [3.63, 3.8) is 0 Å². The van der Waals surface area contributed by atoms with E-state index in [4.69, 9.17) is 18.7 Å². The number of carbonyl (C=O) groups excluding carboxylic acids is 1. The third-order valence-corrected chi connectivity index (χ3v) is 20.5. The molecule has 4 atom stereocenters. The zero-order chi connectivity index (χ0) is 36.4. The number of esters is 1. The van der Waals surface area contributed by atoms with E-state index < -0.39 is 28.0 Å². The minimum absolute atomic E-state index is 0.000266. The van der Waals surface area contributed by atoms with Crippen molar-refractivity contribution in [2.45, 2.75) is 182 Å². The zero-order valence-electron chi connectivity index (χ0n) is 32.9. The van der Waals surface area contributed by atoms with Gasteiger partial charge in [-0.05, 0) is 88.0 Å². The molecule has 0 aromatic heterocycles. The van der Waals surface area contributed by atoms with Gasteiger partial charge in [-0.25, -0.2) is 0 Å². The SMILES string of the molecule is CCCC[C@@H](C)C[C@@H](/C=C/[C@@H]1C(SCCCCCC(=O)O)=C(OC(=O)C(C)(C)C)C[C@H]1O[Si](C)(C)C(C)(C)C)O[Si](C)(C)C(C)(C)C. The van der Waals surface area contributed by atoms with Gasteiger partial charge in [-0.1, -0.05) is 93.2 Å². The summed E-state index contributed by atoms with van der Waals surface area (Å²) in [4.78, 5) is 25.3. The molecule has 1 aliphatic carbocycles. The number of unbranched alkanes of at least 4 members (excludes halogenated alkanes) is 3. The summed E-state index contributed by atoms with van der Waals surface area (Å²) in [6, 6.07) is 0. The van der Waals surface area contributed by atoms with E-state index in [2.05, 4.69) is 93.7 Å². The molecule has 0 radical (unpaired) electrons. The minimum atomic E-state index is -2.16. The molecule has 6 nitrogen and oxygen atoms in total. The molecule has 274 valence electrons. The maximum absolute atomic E-state index is 13.2. The van der Waals surface area contributed by atoms with Gasteiger partial charge in [0.2, 0.25) is 0 Å². The monoisotopic (exact) mass is 712 g/mol. The molecule has 0 saturated carbocycles. The first-order chi connectivity index (χ1) is 21.3. The Morgan fingerprint density at radius 3 is 2.04 bits per heavy atom. The van der Waals surface area contributed by atoms with Crippen molar-refractivity contribution in [3.8, 4) is 0 Å². The Bertz CT molecular complexity index is 1060. The van der Waals surface area contributed by atoms with Crippen LogP contribution in [0.15, 0.2) is 22.8 Å². The average Bonchev–Trinajstić information content (AvgIpc) is 3.20. The van der Waals surface area contributed by atoms with Crippen LogP contribution in [-0.4, -0.2) is 51.6 Å². The Morgan fingerprint density at radius 2 is 1.53 bits per heavy atom. The molecule has 0 unspecified atom stereocenters. The summed E-state index contributed by atoms with van der Waals surface area (Å²) >= 11 is 1.75. The molecule has 0 saturated heterocycles. The van der Waals surface area contributed by atoms with Crippen molar-refractivity contribution in [2.24, 2.45) is 17.3 Å². The van der Waals surface area contributed by atoms with Gasteiger partial charge in [0.1, 0.15) is 5.76 Å². The molecule has 0 bridgehead atoms. The number of rotatable bonds is 19. The van der Waals surface area contributed by atoms with Gasteiger partial charge < -0.3 is 18.7 Å². The number of carboxylic acids is 1.